The first-order valence-electron chi connectivity index (χ1n) is 9.88. The van der Waals surface area contributed by atoms with Crippen LogP contribution in [0, 0.1) is 0 Å². The van der Waals surface area contributed by atoms with Gasteiger partial charge in [0, 0.05) is 18.1 Å². The first-order chi connectivity index (χ1) is 10.8. The van der Waals surface area contributed by atoms with Crippen molar-refractivity contribution in [2.24, 2.45) is 0 Å². The molecule has 3 saturated carbocycles. The Bertz CT molecular complexity index is 275. The maximum absolute atomic E-state index is 4.09. The number of hydrogen-bond donors (Lipinski definition) is 4. The van der Waals surface area contributed by atoms with Crippen LogP contribution in [0.4, 0.5) is 0 Å². The first-order valence-corrected chi connectivity index (χ1v) is 11.9. The lowest BCUT2D eigenvalue weighted by atomic mass is 10.3. The van der Waals surface area contributed by atoms with E-state index in [0.717, 1.165) is 6.54 Å². The molecule has 0 aromatic heterocycles. The number of rotatable bonds is 8. The van der Waals surface area contributed by atoms with Crippen LogP contribution in [-0.2, 0) is 0 Å². The fourth-order valence-corrected chi connectivity index (χ4v) is 8.46. The Morgan fingerprint density at radius 3 is 1.23 bits per heavy atom. The van der Waals surface area contributed by atoms with Gasteiger partial charge in [-0.25, -0.2) is 0 Å². The second-order valence-corrected chi connectivity index (χ2v) is 10.4. The van der Waals surface area contributed by atoms with Crippen LogP contribution in [0.5, 0.6) is 0 Å². The highest BCUT2D eigenvalue weighted by atomic mass is 28.4. The van der Waals surface area contributed by atoms with Gasteiger partial charge in [-0.3, -0.25) is 14.9 Å². The third kappa shape index (κ3) is 4.54. The van der Waals surface area contributed by atoms with Crippen LogP contribution in [-0.4, -0.2) is 33.4 Å². The van der Waals surface area contributed by atoms with E-state index >= 15 is 0 Å². The molecule has 22 heavy (non-hydrogen) atoms. The zero-order valence-electron chi connectivity index (χ0n) is 14.4. The van der Waals surface area contributed by atoms with Crippen molar-refractivity contribution in [2.75, 3.05) is 6.54 Å². The van der Waals surface area contributed by atoms with Crippen LogP contribution in [0.25, 0.3) is 0 Å². The van der Waals surface area contributed by atoms with E-state index in [0.29, 0.717) is 18.1 Å². The van der Waals surface area contributed by atoms with E-state index in [1.54, 1.807) is 0 Å². The van der Waals surface area contributed by atoms with Gasteiger partial charge < -0.3 is 4.98 Å². The molecule has 3 aliphatic rings. The maximum atomic E-state index is 4.09. The molecule has 0 unspecified atom stereocenters. The minimum absolute atomic E-state index is 0.716. The summed E-state index contributed by atoms with van der Waals surface area (Å²) in [5, 5.41) is 0. The molecule has 3 fully saturated rings. The summed E-state index contributed by atoms with van der Waals surface area (Å²) >= 11 is 0. The highest BCUT2D eigenvalue weighted by Crippen LogP contribution is 2.23. The molecule has 0 spiro atoms. The van der Waals surface area contributed by atoms with Gasteiger partial charge in [0.1, 0.15) is 0 Å². The monoisotopic (exact) mass is 324 g/mol. The average molecular weight is 325 g/mol. The third-order valence-corrected chi connectivity index (χ3v) is 9.18. The lowest BCUT2D eigenvalue weighted by Crippen LogP contribution is -2.84. The highest BCUT2D eigenvalue weighted by Gasteiger charge is 2.41. The summed E-state index contributed by atoms with van der Waals surface area (Å²) < 4.78 is 0. The average Bonchev–Trinajstić information content (AvgIpc) is 3.22. The second kappa shape index (κ2) is 8.24. The van der Waals surface area contributed by atoms with Crippen LogP contribution in [0.3, 0.4) is 0 Å². The van der Waals surface area contributed by atoms with E-state index in [9.17, 15) is 0 Å². The summed E-state index contributed by atoms with van der Waals surface area (Å²) in [6.45, 7) is 3.30. The summed E-state index contributed by atoms with van der Waals surface area (Å²) in [7, 11) is -1.99. The summed E-state index contributed by atoms with van der Waals surface area (Å²) in [5.74, 6) is 0. The van der Waals surface area contributed by atoms with Gasteiger partial charge >= 0.3 is 8.72 Å². The van der Waals surface area contributed by atoms with E-state index < -0.39 is 8.72 Å². The second-order valence-electron chi connectivity index (χ2n) is 7.66. The maximum Gasteiger partial charge on any atom is 0.366 e. The van der Waals surface area contributed by atoms with Crippen molar-refractivity contribution < 1.29 is 0 Å². The minimum Gasteiger partial charge on any atom is -0.301 e. The van der Waals surface area contributed by atoms with Gasteiger partial charge in [-0.1, -0.05) is 45.4 Å². The van der Waals surface area contributed by atoms with Crippen LogP contribution in [0.1, 0.15) is 84.0 Å². The van der Waals surface area contributed by atoms with Gasteiger partial charge in [-0.05, 0) is 45.1 Å². The Morgan fingerprint density at radius 1 is 0.636 bits per heavy atom. The molecule has 0 amide bonds. The molecule has 0 atom stereocenters. The lowest BCUT2D eigenvalue weighted by Gasteiger charge is -2.40. The van der Waals surface area contributed by atoms with Crippen molar-refractivity contribution in [3.05, 3.63) is 0 Å². The van der Waals surface area contributed by atoms with Crippen molar-refractivity contribution >= 4 is 8.72 Å². The summed E-state index contributed by atoms with van der Waals surface area (Å²) in [6.07, 6.45) is 16.6. The van der Waals surface area contributed by atoms with Crippen LogP contribution in [0.2, 0.25) is 0 Å². The predicted molar refractivity (Wildman–Crippen MR) is 95.6 cm³/mol. The van der Waals surface area contributed by atoms with Crippen molar-refractivity contribution in [3.63, 3.8) is 0 Å². The van der Waals surface area contributed by atoms with Crippen molar-refractivity contribution in [1.82, 2.24) is 19.9 Å². The van der Waals surface area contributed by atoms with E-state index in [-0.39, 0.29) is 0 Å². The van der Waals surface area contributed by atoms with E-state index in [1.807, 2.05) is 0 Å². The van der Waals surface area contributed by atoms with Crippen molar-refractivity contribution in [2.45, 2.75) is 102 Å². The molecule has 3 aliphatic carbocycles. The molecule has 0 bridgehead atoms. The standard InChI is InChI=1S/C17H36N4Si/c1-2-18-22(19-15-9-3-4-10-15,20-16-11-5-6-12-16)21-17-13-7-8-14-17/h15-21H,2-14H2,1H3. The molecule has 3 rings (SSSR count). The molecule has 0 aliphatic heterocycles. The molecule has 0 heterocycles. The molecule has 0 saturated heterocycles. The number of nitrogens with one attached hydrogen (secondary N) is 4. The van der Waals surface area contributed by atoms with Crippen LogP contribution in [0.15, 0.2) is 0 Å². The highest BCUT2D eigenvalue weighted by molar-refractivity contribution is 6.70. The zero-order valence-corrected chi connectivity index (χ0v) is 15.4. The van der Waals surface area contributed by atoms with E-state index in [2.05, 4.69) is 26.9 Å². The molecule has 0 aromatic carbocycles. The normalized spacial score (nSPS) is 25.5. The van der Waals surface area contributed by atoms with Crippen molar-refractivity contribution in [3.8, 4) is 0 Å². The van der Waals surface area contributed by atoms with E-state index in [1.165, 1.54) is 77.0 Å². The Kier molecular flexibility index (Phi) is 6.33. The van der Waals surface area contributed by atoms with Gasteiger partial charge in [0.15, 0.2) is 0 Å². The topological polar surface area (TPSA) is 48.1 Å². The Balaban J connectivity index is 1.68. The summed E-state index contributed by atoms with van der Waals surface area (Å²) in [4.78, 5) is 16.2. The lowest BCUT2D eigenvalue weighted by molar-refractivity contribution is 0.507. The quantitative estimate of drug-likeness (QED) is 0.519. The summed E-state index contributed by atoms with van der Waals surface area (Å²) in [5.41, 5.74) is 0. The smallest absolute Gasteiger partial charge is 0.301 e. The molecule has 5 heteroatoms. The van der Waals surface area contributed by atoms with Crippen molar-refractivity contribution in [1.29, 1.82) is 0 Å². The molecule has 4 N–H and O–H groups in total. The third-order valence-electron chi connectivity index (χ3n) is 5.77. The van der Waals surface area contributed by atoms with Gasteiger partial charge in [0.2, 0.25) is 0 Å². The first kappa shape index (κ1) is 16.9. The molecule has 0 aromatic rings. The molecular weight excluding hydrogens is 288 g/mol. The van der Waals surface area contributed by atoms with Gasteiger partial charge in [-0.2, -0.15) is 0 Å². The van der Waals surface area contributed by atoms with E-state index in [4.69, 9.17) is 0 Å². The SMILES string of the molecule is CCN[Si](NC1CCCC1)(NC1CCCC1)NC1CCCC1. The Morgan fingerprint density at radius 2 is 0.955 bits per heavy atom. The van der Waals surface area contributed by atoms with Gasteiger partial charge in [-0.15, -0.1) is 0 Å². The fraction of sp³-hybridized carbons (Fsp3) is 1.00. The molecule has 4 nitrogen and oxygen atoms in total. The molecule has 0 radical (unpaired) electrons. The Labute approximate surface area is 137 Å². The predicted octanol–water partition coefficient (Wildman–Crippen LogP) is 2.63. The number of hydrogen-bond acceptors (Lipinski definition) is 4. The minimum atomic E-state index is -1.99. The molecular formula is C17H36N4Si. The van der Waals surface area contributed by atoms with Crippen LogP contribution < -0.4 is 19.9 Å². The van der Waals surface area contributed by atoms with Gasteiger partial charge in [0.25, 0.3) is 0 Å². The largest absolute Gasteiger partial charge is 0.366 e. The van der Waals surface area contributed by atoms with Gasteiger partial charge in [0.05, 0.1) is 0 Å². The zero-order chi connectivity index (χ0) is 15.3. The fourth-order valence-electron chi connectivity index (χ4n) is 4.67. The molecule has 128 valence electrons. The summed E-state index contributed by atoms with van der Waals surface area (Å²) in [6, 6.07) is 2.15. The van der Waals surface area contributed by atoms with Crippen LogP contribution >= 0.6 is 0 Å². The Hall–Kier alpha value is 0.0569.